The Labute approximate surface area is 163 Å². The summed E-state index contributed by atoms with van der Waals surface area (Å²) in [5.74, 6) is -0.0990. The minimum atomic E-state index is -0.127. The van der Waals surface area contributed by atoms with Gasteiger partial charge in [0, 0.05) is 43.5 Å². The highest BCUT2D eigenvalue weighted by Gasteiger charge is 2.20. The molecule has 2 rings (SSSR count). The molecule has 2 N–H and O–H groups in total. The predicted molar refractivity (Wildman–Crippen MR) is 110 cm³/mol. The second-order valence-corrected chi connectivity index (χ2v) is 7.93. The molecule has 1 saturated carbocycles. The maximum absolute atomic E-state index is 12.5. The summed E-state index contributed by atoms with van der Waals surface area (Å²) in [7, 11) is 3.96. The number of benzene rings is 1. The fourth-order valence-corrected chi connectivity index (χ4v) is 3.44. The predicted octanol–water partition coefficient (Wildman–Crippen LogP) is 3.47. The molecule has 150 valence electrons. The van der Waals surface area contributed by atoms with Gasteiger partial charge in [0.25, 0.3) is 5.91 Å². The van der Waals surface area contributed by atoms with Gasteiger partial charge in [0.05, 0.1) is 0 Å². The number of hydrogen-bond donors (Lipinski definition) is 2. The number of hydrogen-bond acceptors (Lipinski definition) is 3. The number of aryl methyl sites for hydroxylation is 1. The molecule has 3 amide bonds. The summed E-state index contributed by atoms with van der Waals surface area (Å²) in [6.07, 6.45) is 5.16. The average molecular weight is 375 g/mol. The van der Waals surface area contributed by atoms with E-state index >= 15 is 0 Å². The molecule has 1 aromatic carbocycles. The lowest BCUT2D eigenvalue weighted by molar-refractivity contribution is 0.0943. The number of nitrogens with zero attached hydrogens (tertiary/aromatic N) is 2. The Morgan fingerprint density at radius 2 is 1.81 bits per heavy atom. The van der Waals surface area contributed by atoms with Gasteiger partial charge in [-0.05, 0) is 64.4 Å². The maximum Gasteiger partial charge on any atom is 0.321 e. The van der Waals surface area contributed by atoms with E-state index in [0.29, 0.717) is 18.2 Å². The molecule has 1 aliphatic rings. The molecule has 0 spiro atoms. The van der Waals surface area contributed by atoms with Crippen molar-refractivity contribution in [3.8, 4) is 0 Å². The Kier molecular flexibility index (Phi) is 7.66. The van der Waals surface area contributed by atoms with Crippen molar-refractivity contribution < 1.29 is 9.59 Å². The highest BCUT2D eigenvalue weighted by Crippen LogP contribution is 2.22. The summed E-state index contributed by atoms with van der Waals surface area (Å²) < 4.78 is 0. The van der Waals surface area contributed by atoms with Crippen LogP contribution in [0.2, 0.25) is 0 Å². The fourth-order valence-electron chi connectivity index (χ4n) is 3.44. The SMILES string of the molecule is Cc1cc(C(=O)NC(C)C)ccc1NC(=O)N(C)CCN(C)C1CCCC1. The molecule has 1 fully saturated rings. The molecule has 27 heavy (non-hydrogen) atoms. The Morgan fingerprint density at radius 1 is 1.15 bits per heavy atom. The molecule has 0 aromatic heterocycles. The molecule has 0 saturated heterocycles. The molecule has 0 atom stereocenters. The zero-order valence-electron chi connectivity index (χ0n) is 17.3. The van der Waals surface area contributed by atoms with Gasteiger partial charge >= 0.3 is 6.03 Å². The van der Waals surface area contributed by atoms with Gasteiger partial charge in [0.1, 0.15) is 0 Å². The van der Waals surface area contributed by atoms with Crippen LogP contribution in [0.1, 0.15) is 55.5 Å². The van der Waals surface area contributed by atoms with Crippen LogP contribution in [-0.4, -0.2) is 61.0 Å². The van der Waals surface area contributed by atoms with E-state index < -0.39 is 0 Å². The molecule has 6 heteroatoms. The molecule has 0 bridgehead atoms. The Balaban J connectivity index is 1.87. The first kappa shape index (κ1) is 21.2. The monoisotopic (exact) mass is 374 g/mol. The summed E-state index contributed by atoms with van der Waals surface area (Å²) >= 11 is 0. The zero-order valence-corrected chi connectivity index (χ0v) is 17.3. The van der Waals surface area contributed by atoms with Crippen LogP contribution in [-0.2, 0) is 0 Å². The van der Waals surface area contributed by atoms with Crippen molar-refractivity contribution in [1.29, 1.82) is 0 Å². The Bertz CT molecular complexity index is 654. The van der Waals surface area contributed by atoms with Gasteiger partial charge < -0.3 is 20.4 Å². The first-order valence-corrected chi connectivity index (χ1v) is 9.91. The van der Waals surface area contributed by atoms with E-state index in [9.17, 15) is 9.59 Å². The van der Waals surface area contributed by atoms with Crippen molar-refractivity contribution in [1.82, 2.24) is 15.1 Å². The van der Waals surface area contributed by atoms with E-state index in [1.165, 1.54) is 25.7 Å². The first-order chi connectivity index (χ1) is 12.8. The lowest BCUT2D eigenvalue weighted by Crippen LogP contribution is -2.40. The Morgan fingerprint density at radius 3 is 2.41 bits per heavy atom. The van der Waals surface area contributed by atoms with Crippen LogP contribution in [0.25, 0.3) is 0 Å². The third-order valence-electron chi connectivity index (χ3n) is 5.23. The molecular formula is C21H34N4O2. The fraction of sp³-hybridized carbons (Fsp3) is 0.619. The van der Waals surface area contributed by atoms with Crippen molar-refractivity contribution in [2.75, 3.05) is 32.5 Å². The third kappa shape index (κ3) is 6.24. The summed E-state index contributed by atoms with van der Waals surface area (Å²) in [5.41, 5.74) is 2.21. The quantitative estimate of drug-likeness (QED) is 0.768. The number of likely N-dealkylation sites (N-methyl/N-ethyl adjacent to an activating group) is 2. The molecule has 0 heterocycles. The van der Waals surface area contributed by atoms with Crippen LogP contribution >= 0.6 is 0 Å². The van der Waals surface area contributed by atoms with Crippen LogP contribution < -0.4 is 10.6 Å². The smallest absolute Gasteiger partial charge is 0.321 e. The largest absolute Gasteiger partial charge is 0.350 e. The van der Waals surface area contributed by atoms with E-state index in [2.05, 4.69) is 22.6 Å². The van der Waals surface area contributed by atoms with Gasteiger partial charge in [0.15, 0.2) is 0 Å². The second kappa shape index (κ2) is 9.74. The number of carbonyl (C=O) groups excluding carboxylic acids is 2. The topological polar surface area (TPSA) is 64.7 Å². The molecular weight excluding hydrogens is 340 g/mol. The number of rotatable bonds is 7. The normalized spacial score (nSPS) is 14.6. The number of anilines is 1. The van der Waals surface area contributed by atoms with Gasteiger partial charge in [0.2, 0.25) is 0 Å². The van der Waals surface area contributed by atoms with Crippen molar-refractivity contribution in [3.05, 3.63) is 29.3 Å². The molecule has 0 aliphatic heterocycles. The van der Waals surface area contributed by atoms with Crippen molar-refractivity contribution >= 4 is 17.6 Å². The highest BCUT2D eigenvalue weighted by molar-refractivity contribution is 5.96. The van der Waals surface area contributed by atoms with Crippen molar-refractivity contribution in [2.24, 2.45) is 0 Å². The van der Waals surface area contributed by atoms with Gasteiger partial charge in [-0.3, -0.25) is 4.79 Å². The average Bonchev–Trinajstić information content (AvgIpc) is 3.15. The lowest BCUT2D eigenvalue weighted by Gasteiger charge is -2.27. The number of amides is 3. The third-order valence-corrected chi connectivity index (χ3v) is 5.23. The van der Waals surface area contributed by atoms with E-state index in [0.717, 1.165) is 17.8 Å². The summed E-state index contributed by atoms with van der Waals surface area (Å²) in [5, 5.41) is 5.82. The summed E-state index contributed by atoms with van der Waals surface area (Å²) in [4.78, 5) is 28.7. The van der Waals surface area contributed by atoms with Crippen molar-refractivity contribution in [3.63, 3.8) is 0 Å². The van der Waals surface area contributed by atoms with Crippen LogP contribution in [0.5, 0.6) is 0 Å². The molecule has 0 unspecified atom stereocenters. The van der Waals surface area contributed by atoms with Crippen LogP contribution in [0.3, 0.4) is 0 Å². The van der Waals surface area contributed by atoms with E-state index in [4.69, 9.17) is 0 Å². The maximum atomic E-state index is 12.5. The van der Waals surface area contributed by atoms with Gasteiger partial charge in [-0.1, -0.05) is 12.8 Å². The molecule has 1 aromatic rings. The summed E-state index contributed by atoms with van der Waals surface area (Å²) in [6.45, 7) is 7.32. The minimum absolute atomic E-state index is 0.0909. The van der Waals surface area contributed by atoms with Crippen LogP contribution in [0, 0.1) is 6.92 Å². The molecule has 6 nitrogen and oxygen atoms in total. The summed E-state index contributed by atoms with van der Waals surface area (Å²) in [6, 6.07) is 5.97. The lowest BCUT2D eigenvalue weighted by atomic mass is 10.1. The molecule has 1 aliphatic carbocycles. The van der Waals surface area contributed by atoms with Crippen LogP contribution in [0.15, 0.2) is 18.2 Å². The second-order valence-electron chi connectivity index (χ2n) is 7.93. The molecule has 0 radical (unpaired) electrons. The number of nitrogens with one attached hydrogen (secondary N) is 2. The van der Waals surface area contributed by atoms with Gasteiger partial charge in [-0.15, -0.1) is 0 Å². The standard InChI is InChI=1S/C21H34N4O2/c1-15(2)22-20(26)17-10-11-19(16(3)14-17)23-21(27)25(5)13-12-24(4)18-8-6-7-9-18/h10-11,14-15,18H,6-9,12-13H2,1-5H3,(H,22,26)(H,23,27). The van der Waals surface area contributed by atoms with Crippen LogP contribution in [0.4, 0.5) is 10.5 Å². The number of urea groups is 1. The van der Waals surface area contributed by atoms with Gasteiger partial charge in [-0.25, -0.2) is 4.79 Å². The van der Waals surface area contributed by atoms with E-state index in [-0.39, 0.29) is 18.0 Å². The minimum Gasteiger partial charge on any atom is -0.350 e. The Hall–Kier alpha value is -2.08. The van der Waals surface area contributed by atoms with E-state index in [1.807, 2.05) is 27.8 Å². The zero-order chi connectivity index (χ0) is 20.0. The van der Waals surface area contributed by atoms with Gasteiger partial charge in [-0.2, -0.15) is 0 Å². The first-order valence-electron chi connectivity index (χ1n) is 9.91. The number of carbonyl (C=O) groups is 2. The van der Waals surface area contributed by atoms with E-state index in [1.54, 1.807) is 23.1 Å². The van der Waals surface area contributed by atoms with Crippen molar-refractivity contribution in [2.45, 2.75) is 58.5 Å². The highest BCUT2D eigenvalue weighted by atomic mass is 16.2.